The maximum absolute atomic E-state index is 12.2. The summed E-state index contributed by atoms with van der Waals surface area (Å²) in [6, 6.07) is 10.4. The van der Waals surface area contributed by atoms with Crippen molar-refractivity contribution in [1.29, 1.82) is 0 Å². The first-order valence-corrected chi connectivity index (χ1v) is 8.44. The van der Waals surface area contributed by atoms with Gasteiger partial charge in [0.1, 0.15) is 23.9 Å². The van der Waals surface area contributed by atoms with Gasteiger partial charge in [0.05, 0.1) is 24.9 Å². The van der Waals surface area contributed by atoms with Crippen LogP contribution in [-0.4, -0.2) is 45.4 Å². The molecule has 0 heterocycles. The van der Waals surface area contributed by atoms with Crippen LogP contribution in [0.1, 0.15) is 10.4 Å². The van der Waals surface area contributed by atoms with Gasteiger partial charge in [0.15, 0.2) is 6.61 Å². The number of hydrogen-bond acceptors (Lipinski definition) is 7. The molecule has 0 fully saturated rings. The second-order valence-corrected chi connectivity index (χ2v) is 5.58. The van der Waals surface area contributed by atoms with Gasteiger partial charge >= 0.3 is 12.6 Å². The highest BCUT2D eigenvalue weighted by molar-refractivity contribution is 5.92. The van der Waals surface area contributed by atoms with Gasteiger partial charge in [0.25, 0.3) is 5.91 Å². The van der Waals surface area contributed by atoms with E-state index in [4.69, 9.17) is 19.9 Å². The minimum Gasteiger partial charge on any atom is -0.497 e. The molecule has 0 aliphatic carbocycles. The first-order valence-electron chi connectivity index (χ1n) is 8.44. The number of nitrogen functional groups attached to an aromatic ring is 1. The fraction of sp³-hybridized carbons (Fsp3) is 0.263. The molecule has 10 heteroatoms. The Morgan fingerprint density at radius 2 is 1.90 bits per heavy atom. The number of amides is 1. The van der Waals surface area contributed by atoms with Crippen molar-refractivity contribution in [2.75, 3.05) is 32.6 Å². The van der Waals surface area contributed by atoms with Crippen molar-refractivity contribution in [3.05, 3.63) is 48.0 Å². The van der Waals surface area contributed by atoms with Gasteiger partial charge in [-0.25, -0.2) is 4.79 Å². The summed E-state index contributed by atoms with van der Waals surface area (Å²) in [5.41, 5.74) is 5.39. The van der Waals surface area contributed by atoms with E-state index in [9.17, 15) is 18.4 Å². The number of nitrogens with two attached hydrogens (primary N) is 1. The average molecular weight is 410 g/mol. The Bertz CT molecular complexity index is 847. The Morgan fingerprint density at radius 1 is 1.14 bits per heavy atom. The van der Waals surface area contributed by atoms with Gasteiger partial charge in [-0.05, 0) is 30.3 Å². The summed E-state index contributed by atoms with van der Waals surface area (Å²) in [4.78, 5) is 23.7. The molecule has 29 heavy (non-hydrogen) atoms. The summed E-state index contributed by atoms with van der Waals surface area (Å²) >= 11 is 0. The molecule has 0 radical (unpaired) electrons. The van der Waals surface area contributed by atoms with Gasteiger partial charge in [0.2, 0.25) is 0 Å². The van der Waals surface area contributed by atoms with E-state index in [2.05, 4.69) is 10.1 Å². The van der Waals surface area contributed by atoms with E-state index >= 15 is 0 Å². The largest absolute Gasteiger partial charge is 0.497 e. The smallest absolute Gasteiger partial charge is 0.387 e. The van der Waals surface area contributed by atoms with E-state index in [-0.39, 0.29) is 30.2 Å². The summed E-state index contributed by atoms with van der Waals surface area (Å²) in [5.74, 6) is -0.388. The number of alkyl halides is 2. The highest BCUT2D eigenvalue weighted by Crippen LogP contribution is 2.24. The molecule has 0 saturated carbocycles. The molecule has 0 bridgehead atoms. The zero-order chi connectivity index (χ0) is 21.2. The van der Waals surface area contributed by atoms with Gasteiger partial charge in [-0.2, -0.15) is 8.78 Å². The summed E-state index contributed by atoms with van der Waals surface area (Å²) in [6.45, 7) is -3.16. The number of carbonyl (C=O) groups is 2. The first-order chi connectivity index (χ1) is 13.9. The number of carbonyl (C=O) groups excluding carboxylic acids is 2. The van der Waals surface area contributed by atoms with Gasteiger partial charge in [-0.1, -0.05) is 6.07 Å². The Hall–Kier alpha value is -3.56. The SMILES string of the molecule is COc1cccc(OCCNC(=O)COC(=O)c2ccc(OC(F)F)c(N)c2)c1. The van der Waals surface area contributed by atoms with E-state index in [0.717, 1.165) is 12.1 Å². The Morgan fingerprint density at radius 3 is 2.59 bits per heavy atom. The van der Waals surface area contributed by atoms with Gasteiger partial charge in [-0.3, -0.25) is 4.79 Å². The minimum absolute atomic E-state index is 0.00160. The van der Waals surface area contributed by atoms with Crippen molar-refractivity contribution in [2.45, 2.75) is 6.61 Å². The number of esters is 1. The molecule has 2 aromatic carbocycles. The highest BCUT2D eigenvalue weighted by Gasteiger charge is 2.14. The Kier molecular flexibility index (Phi) is 8.01. The van der Waals surface area contributed by atoms with E-state index in [1.165, 1.54) is 6.07 Å². The molecule has 0 spiro atoms. The number of hydrogen-bond donors (Lipinski definition) is 2. The molecular weight excluding hydrogens is 390 g/mol. The standard InChI is InChI=1S/C19H20F2N2O6/c1-26-13-3-2-4-14(10-13)27-8-7-23-17(24)11-28-18(25)12-5-6-16(15(22)9-12)29-19(20)21/h2-6,9-10,19H,7-8,11,22H2,1H3,(H,23,24). The van der Waals surface area contributed by atoms with E-state index in [1.54, 1.807) is 31.4 Å². The zero-order valence-electron chi connectivity index (χ0n) is 15.5. The average Bonchev–Trinajstić information content (AvgIpc) is 2.70. The van der Waals surface area contributed by atoms with Crippen LogP contribution in [0.15, 0.2) is 42.5 Å². The molecule has 0 atom stereocenters. The Balaban J connectivity index is 1.71. The monoisotopic (exact) mass is 410 g/mol. The number of methoxy groups -OCH3 is 1. The van der Waals surface area contributed by atoms with Crippen molar-refractivity contribution < 1.29 is 37.3 Å². The van der Waals surface area contributed by atoms with E-state index in [0.29, 0.717) is 11.5 Å². The number of ether oxygens (including phenoxy) is 4. The van der Waals surface area contributed by atoms with Crippen LogP contribution in [0.5, 0.6) is 17.2 Å². The molecule has 0 unspecified atom stereocenters. The van der Waals surface area contributed by atoms with E-state index < -0.39 is 25.1 Å². The number of anilines is 1. The lowest BCUT2D eigenvalue weighted by Gasteiger charge is -2.10. The van der Waals surface area contributed by atoms with Crippen molar-refractivity contribution in [3.63, 3.8) is 0 Å². The fourth-order valence-electron chi connectivity index (χ4n) is 2.19. The van der Waals surface area contributed by atoms with Crippen LogP contribution in [0.4, 0.5) is 14.5 Å². The summed E-state index contributed by atoms with van der Waals surface area (Å²) in [7, 11) is 1.54. The maximum atomic E-state index is 12.2. The minimum atomic E-state index is -3.04. The van der Waals surface area contributed by atoms with E-state index in [1.807, 2.05) is 0 Å². The third-order valence-corrected chi connectivity index (χ3v) is 3.53. The van der Waals surface area contributed by atoms with Gasteiger partial charge < -0.3 is 30.0 Å². The number of halogens is 2. The van der Waals surface area contributed by atoms with Crippen LogP contribution in [-0.2, 0) is 9.53 Å². The number of nitrogens with one attached hydrogen (secondary N) is 1. The van der Waals surface area contributed by atoms with Crippen molar-refractivity contribution in [2.24, 2.45) is 0 Å². The second-order valence-electron chi connectivity index (χ2n) is 5.58. The lowest BCUT2D eigenvalue weighted by molar-refractivity contribution is -0.124. The molecule has 0 aliphatic rings. The summed E-state index contributed by atoms with van der Waals surface area (Å²) in [6.07, 6.45) is 0. The third-order valence-electron chi connectivity index (χ3n) is 3.53. The summed E-state index contributed by atoms with van der Waals surface area (Å²) in [5, 5.41) is 2.53. The molecule has 0 aliphatic heterocycles. The molecule has 8 nitrogen and oxygen atoms in total. The molecule has 0 aromatic heterocycles. The highest BCUT2D eigenvalue weighted by atomic mass is 19.3. The predicted molar refractivity (Wildman–Crippen MR) is 99.3 cm³/mol. The maximum Gasteiger partial charge on any atom is 0.387 e. The molecule has 0 saturated heterocycles. The van der Waals surface area contributed by atoms with Crippen molar-refractivity contribution in [3.8, 4) is 17.2 Å². The topological polar surface area (TPSA) is 109 Å². The van der Waals surface area contributed by atoms with Crippen LogP contribution in [0.2, 0.25) is 0 Å². The zero-order valence-corrected chi connectivity index (χ0v) is 15.5. The Labute approximate surface area is 165 Å². The molecule has 3 N–H and O–H groups in total. The third kappa shape index (κ3) is 7.17. The van der Waals surface area contributed by atoms with Gasteiger partial charge in [0, 0.05) is 6.07 Å². The van der Waals surface area contributed by atoms with Crippen molar-refractivity contribution >= 4 is 17.6 Å². The molecule has 2 rings (SSSR count). The predicted octanol–water partition coefficient (Wildman–Crippen LogP) is 2.23. The van der Waals surface area contributed by atoms with Crippen molar-refractivity contribution in [1.82, 2.24) is 5.32 Å². The lowest BCUT2D eigenvalue weighted by atomic mass is 10.2. The fourth-order valence-corrected chi connectivity index (χ4v) is 2.19. The number of rotatable bonds is 10. The summed E-state index contributed by atoms with van der Waals surface area (Å²) < 4.78 is 44.0. The van der Waals surface area contributed by atoms with Crippen LogP contribution in [0.3, 0.4) is 0 Å². The number of benzene rings is 2. The second kappa shape index (κ2) is 10.7. The first kappa shape index (κ1) is 21.7. The normalized spacial score (nSPS) is 10.3. The molecule has 156 valence electrons. The van der Waals surface area contributed by atoms with Crippen LogP contribution >= 0.6 is 0 Å². The molecule has 1 amide bonds. The lowest BCUT2D eigenvalue weighted by Crippen LogP contribution is -2.32. The molecular formula is C19H20F2N2O6. The van der Waals surface area contributed by atoms with Gasteiger partial charge in [-0.15, -0.1) is 0 Å². The quantitative estimate of drug-likeness (QED) is 0.351. The van der Waals surface area contributed by atoms with Crippen LogP contribution < -0.4 is 25.3 Å². The van der Waals surface area contributed by atoms with Crippen LogP contribution in [0, 0.1) is 0 Å². The molecule has 2 aromatic rings. The van der Waals surface area contributed by atoms with Crippen LogP contribution in [0.25, 0.3) is 0 Å².